The van der Waals surface area contributed by atoms with Crippen molar-refractivity contribution in [2.75, 3.05) is 26.3 Å². The SMILES string of the molecule is C=CCCCCCCC(=O)N1C[C@H](O)C[C@H]1C(=O)N[C@]1(C(=O)OCC)C[C@H]1C=C.C=CCCCCCCC(=O)N1C[C@H](OC(=O)c2ccc([N+](=O)[O-])cc2)C[C@H]1C(=O)N[C@]1(C(=O)OCC)C[C@H]1C=C. The van der Waals surface area contributed by atoms with Crippen LogP contribution >= 0.6 is 0 Å². The number of hydrogen-bond donors (Lipinski definition) is 3. The number of nitro groups is 1. The summed E-state index contributed by atoms with van der Waals surface area (Å²) < 4.78 is 15.9. The van der Waals surface area contributed by atoms with Gasteiger partial charge in [0.15, 0.2) is 0 Å². The zero-order valence-electron chi connectivity index (χ0n) is 40.2. The van der Waals surface area contributed by atoms with Gasteiger partial charge in [-0.3, -0.25) is 29.3 Å². The molecular formula is C51H71N5O13. The van der Waals surface area contributed by atoms with Crippen molar-refractivity contribution in [3.63, 3.8) is 0 Å². The van der Waals surface area contributed by atoms with E-state index < -0.39 is 70.0 Å². The van der Waals surface area contributed by atoms with E-state index in [-0.39, 0.29) is 80.5 Å². The number of nitrogens with zero attached hydrogens (tertiary/aromatic N) is 3. The summed E-state index contributed by atoms with van der Waals surface area (Å²) in [6.07, 6.45) is 16.2. The largest absolute Gasteiger partial charge is 0.464 e. The molecule has 3 N–H and O–H groups in total. The molecule has 4 aliphatic rings. The van der Waals surface area contributed by atoms with E-state index in [0.717, 1.165) is 57.8 Å². The van der Waals surface area contributed by atoms with Gasteiger partial charge >= 0.3 is 17.9 Å². The van der Waals surface area contributed by atoms with Gasteiger partial charge in [0, 0.05) is 56.2 Å². The molecule has 0 bridgehead atoms. The first-order chi connectivity index (χ1) is 33.0. The quantitative estimate of drug-likeness (QED) is 0.0230. The van der Waals surface area contributed by atoms with Crippen LogP contribution in [0.1, 0.15) is 127 Å². The Hall–Kier alpha value is -6.17. The van der Waals surface area contributed by atoms with Crippen LogP contribution in [0.5, 0.6) is 0 Å². The van der Waals surface area contributed by atoms with E-state index in [0.29, 0.717) is 25.7 Å². The van der Waals surface area contributed by atoms with Crippen LogP contribution in [-0.4, -0.2) is 123 Å². The van der Waals surface area contributed by atoms with Gasteiger partial charge in [0.05, 0.1) is 36.3 Å². The maximum atomic E-state index is 13.5. The smallest absolute Gasteiger partial charge is 0.338 e. The van der Waals surface area contributed by atoms with Gasteiger partial charge in [0.2, 0.25) is 23.6 Å². The van der Waals surface area contributed by atoms with Crippen LogP contribution in [0.15, 0.2) is 74.9 Å². The maximum Gasteiger partial charge on any atom is 0.338 e. The fourth-order valence-corrected chi connectivity index (χ4v) is 8.94. The van der Waals surface area contributed by atoms with Gasteiger partial charge in [0.25, 0.3) is 5.69 Å². The Labute approximate surface area is 405 Å². The summed E-state index contributed by atoms with van der Waals surface area (Å²) in [6.45, 7) is 18.8. The normalized spacial score (nSPS) is 25.1. The highest BCUT2D eigenvalue weighted by Crippen LogP contribution is 2.47. The summed E-state index contributed by atoms with van der Waals surface area (Å²) >= 11 is 0. The number of carbonyl (C=O) groups excluding carboxylic acids is 7. The summed E-state index contributed by atoms with van der Waals surface area (Å²) in [6, 6.07) is 3.27. The number of ether oxygens (including phenoxy) is 3. The van der Waals surface area contributed by atoms with Crippen molar-refractivity contribution in [3.05, 3.63) is 90.6 Å². The van der Waals surface area contributed by atoms with E-state index in [1.807, 2.05) is 12.2 Å². The van der Waals surface area contributed by atoms with Crippen molar-refractivity contribution in [1.29, 1.82) is 0 Å². The summed E-state index contributed by atoms with van der Waals surface area (Å²) in [5.74, 6) is -3.52. The number of nitrogens with one attached hydrogen (secondary N) is 2. The summed E-state index contributed by atoms with van der Waals surface area (Å²) in [5.41, 5.74) is -2.36. The maximum absolute atomic E-state index is 13.5. The van der Waals surface area contributed by atoms with E-state index in [9.17, 15) is 48.8 Å². The van der Waals surface area contributed by atoms with Gasteiger partial charge in [0.1, 0.15) is 29.3 Å². The highest BCUT2D eigenvalue weighted by Gasteiger charge is 2.63. The van der Waals surface area contributed by atoms with Crippen LogP contribution in [0.2, 0.25) is 0 Å². The average molecular weight is 962 g/mol. The molecule has 18 nitrogen and oxygen atoms in total. The Kier molecular flexibility index (Phi) is 21.3. The molecule has 5 rings (SSSR count). The molecule has 378 valence electrons. The Morgan fingerprint density at radius 3 is 1.58 bits per heavy atom. The number of rotatable bonds is 27. The standard InChI is InChI=1S/C29H37N3O8.C22H34N2O5/c1-4-7-8-9-10-11-12-25(33)31-19-23(40-27(35)20-13-15-22(16-14-20)32(37)38)17-24(31)26(34)30-29(18-21(29)5-2)28(36)39-6-3;1-4-7-8-9-10-11-12-19(26)24-15-17(25)13-18(24)20(27)23-22(14-16(22)5-2)21(28)29-6-3/h4-5,13-16,21,23-24H,1-2,6-12,17-19H2,3H3,(H,30,34);4-5,16-18,25H,1-2,6-15H2,3H3,(H,23,27)/t21-,23-,24+,29-;16-,17-,18+,22-/m11/s1. The molecule has 2 saturated heterocycles. The molecule has 2 heterocycles. The highest BCUT2D eigenvalue weighted by molar-refractivity contribution is 5.97. The monoisotopic (exact) mass is 962 g/mol. The number of allylic oxidation sites excluding steroid dienone is 2. The van der Waals surface area contributed by atoms with E-state index in [1.54, 1.807) is 26.0 Å². The lowest BCUT2D eigenvalue weighted by Crippen LogP contribution is -2.53. The van der Waals surface area contributed by atoms with Crippen LogP contribution in [0.25, 0.3) is 0 Å². The lowest BCUT2D eigenvalue weighted by atomic mass is 10.1. The number of non-ortho nitro benzene ring substituents is 1. The van der Waals surface area contributed by atoms with E-state index in [1.165, 1.54) is 34.1 Å². The molecule has 0 aromatic heterocycles. The van der Waals surface area contributed by atoms with Gasteiger partial charge < -0.3 is 39.8 Å². The van der Waals surface area contributed by atoms with Crippen molar-refractivity contribution >= 4 is 47.2 Å². The minimum absolute atomic E-state index is 0.0173. The third-order valence-electron chi connectivity index (χ3n) is 13.0. The Morgan fingerprint density at radius 1 is 0.710 bits per heavy atom. The van der Waals surface area contributed by atoms with Crippen molar-refractivity contribution in [3.8, 4) is 0 Å². The minimum Gasteiger partial charge on any atom is -0.464 e. The molecule has 1 aromatic carbocycles. The zero-order chi connectivity index (χ0) is 50.7. The second-order valence-electron chi connectivity index (χ2n) is 18.0. The molecule has 69 heavy (non-hydrogen) atoms. The molecule has 4 amide bonds. The fraction of sp³-hybridized carbons (Fsp3) is 0.588. The predicted octanol–water partition coefficient (Wildman–Crippen LogP) is 5.97. The molecule has 0 radical (unpaired) electrons. The number of benzene rings is 1. The number of amides is 4. The number of carbonyl (C=O) groups is 7. The van der Waals surface area contributed by atoms with Gasteiger partial charge in [-0.25, -0.2) is 14.4 Å². The molecule has 2 aliphatic carbocycles. The molecule has 4 fully saturated rings. The number of aliphatic hydroxyl groups is 1. The molecule has 0 unspecified atom stereocenters. The number of aliphatic hydroxyl groups excluding tert-OH is 1. The van der Waals surface area contributed by atoms with Crippen molar-refractivity contribution in [2.45, 2.75) is 152 Å². The summed E-state index contributed by atoms with van der Waals surface area (Å²) in [4.78, 5) is 103. The Bertz CT molecular complexity index is 2040. The first kappa shape index (κ1) is 55.4. The van der Waals surface area contributed by atoms with Crippen LogP contribution in [0.4, 0.5) is 5.69 Å². The first-order valence-electron chi connectivity index (χ1n) is 24.2. The number of likely N-dealkylation sites (tertiary alicyclic amines) is 2. The number of β-amino-alcohol motifs (C(OH)–C–C–N with tert-alkyl or cyclic N) is 1. The second-order valence-corrected chi connectivity index (χ2v) is 18.0. The molecule has 8 atom stereocenters. The average Bonchev–Trinajstić information content (AvgIpc) is 4.12. The summed E-state index contributed by atoms with van der Waals surface area (Å²) in [5, 5.41) is 26.5. The van der Waals surface area contributed by atoms with Gasteiger partial charge in [-0.15, -0.1) is 26.3 Å². The minimum atomic E-state index is -1.22. The number of unbranched alkanes of at least 4 members (excludes halogenated alkanes) is 8. The Morgan fingerprint density at radius 2 is 1.16 bits per heavy atom. The summed E-state index contributed by atoms with van der Waals surface area (Å²) in [7, 11) is 0. The second kappa shape index (κ2) is 26.5. The zero-order valence-corrected chi connectivity index (χ0v) is 40.2. The molecule has 2 aliphatic heterocycles. The molecule has 18 heteroatoms. The van der Waals surface area contributed by atoms with Gasteiger partial charge in [-0.05, 0) is 77.3 Å². The van der Waals surface area contributed by atoms with Gasteiger partial charge in [-0.2, -0.15) is 0 Å². The molecule has 2 saturated carbocycles. The third-order valence-corrected chi connectivity index (χ3v) is 13.0. The van der Waals surface area contributed by atoms with Crippen LogP contribution < -0.4 is 10.6 Å². The fourth-order valence-electron chi connectivity index (χ4n) is 8.94. The third kappa shape index (κ3) is 14.9. The molecule has 0 spiro atoms. The van der Waals surface area contributed by atoms with Crippen LogP contribution in [0.3, 0.4) is 0 Å². The van der Waals surface area contributed by atoms with E-state index in [4.69, 9.17) is 14.2 Å². The van der Waals surface area contributed by atoms with Crippen molar-refractivity contribution in [1.82, 2.24) is 20.4 Å². The number of esters is 3. The highest BCUT2D eigenvalue weighted by atomic mass is 16.6. The van der Waals surface area contributed by atoms with E-state index >= 15 is 0 Å². The topological polar surface area (TPSA) is 241 Å². The lowest BCUT2D eigenvalue weighted by molar-refractivity contribution is -0.384. The number of hydrogen-bond acceptors (Lipinski definition) is 13. The lowest BCUT2D eigenvalue weighted by Gasteiger charge is -2.26. The first-order valence-corrected chi connectivity index (χ1v) is 24.2. The van der Waals surface area contributed by atoms with Crippen molar-refractivity contribution < 1.29 is 57.8 Å². The van der Waals surface area contributed by atoms with E-state index in [2.05, 4.69) is 36.9 Å². The molecular weight excluding hydrogens is 891 g/mol. The van der Waals surface area contributed by atoms with Crippen LogP contribution in [0, 0.1) is 22.0 Å². The number of nitro benzene ring substituents is 1. The molecule has 1 aromatic rings. The van der Waals surface area contributed by atoms with Crippen LogP contribution in [-0.2, 0) is 43.0 Å². The Balaban J connectivity index is 0.000000317. The predicted molar refractivity (Wildman–Crippen MR) is 256 cm³/mol. The van der Waals surface area contributed by atoms with Gasteiger partial charge in [-0.1, -0.05) is 50.0 Å². The van der Waals surface area contributed by atoms with Crippen molar-refractivity contribution in [2.24, 2.45) is 11.8 Å².